The molecular weight excluding hydrogens is 216 g/mol. The molecule has 1 aliphatic rings. The minimum absolute atomic E-state index is 0.156. The molecule has 0 aliphatic heterocycles. The number of aliphatic hydroxyl groups is 1. The Morgan fingerprint density at radius 3 is 2.65 bits per heavy atom. The lowest BCUT2D eigenvalue weighted by atomic mass is 9.93. The maximum atomic E-state index is 9.45. The smallest absolute Gasteiger partial charge is 0.142 e. The first-order valence-electron chi connectivity index (χ1n) is 6.00. The predicted molar refractivity (Wildman–Crippen MR) is 64.5 cm³/mol. The van der Waals surface area contributed by atoms with Crippen molar-refractivity contribution >= 4 is 5.82 Å². The van der Waals surface area contributed by atoms with Crippen molar-refractivity contribution < 1.29 is 5.11 Å². The highest BCUT2D eigenvalue weighted by Crippen LogP contribution is 2.24. The van der Waals surface area contributed by atoms with E-state index in [0.717, 1.165) is 37.2 Å². The molecule has 1 aliphatic carbocycles. The first-order valence-corrected chi connectivity index (χ1v) is 6.00. The number of hydrogen-bond acceptors (Lipinski definition) is 4. The SMILES string of the molecule is Cc1nn(C)c(NC2CCC(O)CC2)c1C#N. The minimum atomic E-state index is -0.156. The normalized spacial score (nSPS) is 24.4. The van der Waals surface area contributed by atoms with Gasteiger partial charge in [0.2, 0.25) is 0 Å². The van der Waals surface area contributed by atoms with Gasteiger partial charge in [-0.3, -0.25) is 4.68 Å². The molecule has 2 N–H and O–H groups in total. The van der Waals surface area contributed by atoms with Crippen LogP contribution in [0.2, 0.25) is 0 Å². The summed E-state index contributed by atoms with van der Waals surface area (Å²) in [6.45, 7) is 1.84. The van der Waals surface area contributed by atoms with Crippen LogP contribution in [0.25, 0.3) is 0 Å². The van der Waals surface area contributed by atoms with E-state index in [1.54, 1.807) is 4.68 Å². The van der Waals surface area contributed by atoms with Crippen molar-refractivity contribution in [2.75, 3.05) is 5.32 Å². The molecule has 2 rings (SSSR count). The zero-order valence-electron chi connectivity index (χ0n) is 10.3. The second kappa shape index (κ2) is 4.76. The zero-order valence-corrected chi connectivity index (χ0v) is 10.3. The third-order valence-corrected chi connectivity index (χ3v) is 3.37. The lowest BCUT2D eigenvalue weighted by molar-refractivity contribution is 0.126. The molecule has 1 aromatic heterocycles. The van der Waals surface area contributed by atoms with Crippen molar-refractivity contribution in [2.24, 2.45) is 7.05 Å². The molecule has 0 bridgehead atoms. The highest BCUT2D eigenvalue weighted by Gasteiger charge is 2.22. The number of nitrogens with zero attached hydrogens (tertiary/aromatic N) is 3. The van der Waals surface area contributed by atoms with Crippen molar-refractivity contribution in [2.45, 2.75) is 44.8 Å². The molecule has 0 unspecified atom stereocenters. The molecule has 1 aromatic rings. The fourth-order valence-electron chi connectivity index (χ4n) is 2.37. The lowest BCUT2D eigenvalue weighted by Crippen LogP contribution is -2.29. The van der Waals surface area contributed by atoms with Crippen LogP contribution in [0.15, 0.2) is 0 Å². The van der Waals surface area contributed by atoms with Gasteiger partial charge in [0, 0.05) is 13.1 Å². The molecule has 5 nitrogen and oxygen atoms in total. The number of aliphatic hydroxyl groups excluding tert-OH is 1. The Bertz CT molecular complexity index is 438. The zero-order chi connectivity index (χ0) is 12.4. The summed E-state index contributed by atoms with van der Waals surface area (Å²) in [5, 5.41) is 26.2. The Hall–Kier alpha value is -1.54. The van der Waals surface area contributed by atoms with Crippen molar-refractivity contribution in [1.82, 2.24) is 9.78 Å². The highest BCUT2D eigenvalue weighted by atomic mass is 16.3. The first-order chi connectivity index (χ1) is 8.11. The summed E-state index contributed by atoms with van der Waals surface area (Å²) in [7, 11) is 1.84. The summed E-state index contributed by atoms with van der Waals surface area (Å²) in [5.74, 6) is 0.798. The van der Waals surface area contributed by atoms with E-state index in [2.05, 4.69) is 16.5 Å². The maximum Gasteiger partial charge on any atom is 0.142 e. The van der Waals surface area contributed by atoms with Gasteiger partial charge in [-0.1, -0.05) is 0 Å². The average Bonchev–Trinajstić information content (AvgIpc) is 2.57. The van der Waals surface area contributed by atoms with Gasteiger partial charge in [-0.15, -0.1) is 0 Å². The molecule has 0 aromatic carbocycles. The fourth-order valence-corrected chi connectivity index (χ4v) is 2.37. The van der Waals surface area contributed by atoms with E-state index in [1.807, 2.05) is 14.0 Å². The Balaban J connectivity index is 2.11. The van der Waals surface area contributed by atoms with Gasteiger partial charge in [0.1, 0.15) is 17.5 Å². The molecule has 5 heteroatoms. The van der Waals surface area contributed by atoms with Gasteiger partial charge in [0.25, 0.3) is 0 Å². The molecule has 1 heterocycles. The summed E-state index contributed by atoms with van der Waals surface area (Å²) in [6.07, 6.45) is 3.39. The molecule has 1 fully saturated rings. The molecule has 1 saturated carbocycles. The van der Waals surface area contributed by atoms with E-state index in [9.17, 15) is 5.11 Å². The molecule has 92 valence electrons. The van der Waals surface area contributed by atoms with E-state index in [-0.39, 0.29) is 6.10 Å². The summed E-state index contributed by atoms with van der Waals surface area (Å²) in [5.41, 5.74) is 1.38. The molecule has 0 saturated heterocycles. The maximum absolute atomic E-state index is 9.45. The molecular formula is C12H18N4O. The summed E-state index contributed by atoms with van der Waals surface area (Å²) >= 11 is 0. The fraction of sp³-hybridized carbons (Fsp3) is 0.667. The molecule has 0 atom stereocenters. The van der Waals surface area contributed by atoms with Crippen molar-refractivity contribution in [1.29, 1.82) is 5.26 Å². The van der Waals surface area contributed by atoms with E-state index in [1.165, 1.54) is 0 Å². The number of rotatable bonds is 2. The Morgan fingerprint density at radius 1 is 1.41 bits per heavy atom. The van der Waals surface area contributed by atoms with E-state index < -0.39 is 0 Å². The van der Waals surface area contributed by atoms with Crippen LogP contribution in [0, 0.1) is 18.3 Å². The summed E-state index contributed by atoms with van der Waals surface area (Å²) in [4.78, 5) is 0. The average molecular weight is 234 g/mol. The van der Waals surface area contributed by atoms with Crippen LogP contribution in [-0.4, -0.2) is 27.0 Å². The standard InChI is InChI=1S/C12H18N4O/c1-8-11(7-13)12(16(2)15-8)14-9-3-5-10(17)6-4-9/h9-10,14,17H,3-6H2,1-2H3. The van der Waals surface area contributed by atoms with Crippen LogP contribution in [0.5, 0.6) is 0 Å². The van der Waals surface area contributed by atoms with E-state index in [0.29, 0.717) is 11.6 Å². The lowest BCUT2D eigenvalue weighted by Gasteiger charge is -2.26. The number of aryl methyl sites for hydroxylation is 2. The van der Waals surface area contributed by atoms with Crippen LogP contribution < -0.4 is 5.32 Å². The quantitative estimate of drug-likeness (QED) is 0.809. The molecule has 0 spiro atoms. The number of nitriles is 1. The van der Waals surface area contributed by atoms with Crippen LogP contribution in [0.4, 0.5) is 5.82 Å². The topological polar surface area (TPSA) is 73.9 Å². The van der Waals surface area contributed by atoms with E-state index in [4.69, 9.17) is 5.26 Å². The minimum Gasteiger partial charge on any atom is -0.393 e. The molecule has 17 heavy (non-hydrogen) atoms. The van der Waals surface area contributed by atoms with Gasteiger partial charge in [-0.25, -0.2) is 0 Å². The van der Waals surface area contributed by atoms with Gasteiger partial charge < -0.3 is 10.4 Å². The van der Waals surface area contributed by atoms with Gasteiger partial charge in [0.15, 0.2) is 0 Å². The Labute approximate surface area is 101 Å². The number of anilines is 1. The van der Waals surface area contributed by atoms with Gasteiger partial charge >= 0.3 is 0 Å². The second-order valence-corrected chi connectivity index (χ2v) is 4.69. The first kappa shape index (κ1) is 11.9. The summed E-state index contributed by atoms with van der Waals surface area (Å²) < 4.78 is 1.72. The van der Waals surface area contributed by atoms with Gasteiger partial charge in [-0.2, -0.15) is 10.4 Å². The highest BCUT2D eigenvalue weighted by molar-refractivity contribution is 5.55. The second-order valence-electron chi connectivity index (χ2n) is 4.69. The number of nitrogens with one attached hydrogen (secondary N) is 1. The van der Waals surface area contributed by atoms with Crippen molar-refractivity contribution in [3.63, 3.8) is 0 Å². The number of hydrogen-bond donors (Lipinski definition) is 2. The van der Waals surface area contributed by atoms with Crippen LogP contribution >= 0.6 is 0 Å². The predicted octanol–water partition coefficient (Wildman–Crippen LogP) is 1.32. The molecule has 0 amide bonds. The monoisotopic (exact) mass is 234 g/mol. The van der Waals surface area contributed by atoms with Gasteiger partial charge in [-0.05, 0) is 32.6 Å². The third-order valence-electron chi connectivity index (χ3n) is 3.37. The van der Waals surface area contributed by atoms with E-state index >= 15 is 0 Å². The Kier molecular flexibility index (Phi) is 3.34. The number of aromatic nitrogens is 2. The third kappa shape index (κ3) is 2.42. The Morgan fingerprint density at radius 2 is 2.06 bits per heavy atom. The van der Waals surface area contributed by atoms with Crippen LogP contribution in [-0.2, 0) is 7.05 Å². The van der Waals surface area contributed by atoms with Crippen LogP contribution in [0.3, 0.4) is 0 Å². The molecule has 0 radical (unpaired) electrons. The largest absolute Gasteiger partial charge is 0.393 e. The van der Waals surface area contributed by atoms with Crippen molar-refractivity contribution in [3.05, 3.63) is 11.3 Å². The van der Waals surface area contributed by atoms with Crippen LogP contribution in [0.1, 0.15) is 36.9 Å². The van der Waals surface area contributed by atoms with Gasteiger partial charge in [0.05, 0.1) is 11.8 Å². The van der Waals surface area contributed by atoms with Crippen molar-refractivity contribution in [3.8, 4) is 6.07 Å². The summed E-state index contributed by atoms with van der Waals surface area (Å²) in [6, 6.07) is 2.52.